The van der Waals surface area contributed by atoms with Crippen LogP contribution in [0.2, 0.25) is 0 Å². The zero-order chi connectivity index (χ0) is 25.8. The van der Waals surface area contributed by atoms with Gasteiger partial charge in [0.05, 0.1) is 18.7 Å². The number of hydrogen-bond donors (Lipinski definition) is 1. The molecule has 0 saturated carbocycles. The van der Waals surface area contributed by atoms with Crippen LogP contribution >= 0.6 is 0 Å². The molecular formula is C29H36N6O2. The number of H-pyrrole nitrogens is 1. The number of tetrazole rings is 1. The Hall–Kier alpha value is -3.36. The van der Waals surface area contributed by atoms with E-state index in [0.717, 1.165) is 54.6 Å². The SMILES string of the molecule is CCc1ccc2[nH]c(=O)c(CN(Cc3ccc(C)cc3)C(CC)c3nnnn3CC3CCCO3)cc2c1. The fourth-order valence-corrected chi connectivity index (χ4v) is 5.23. The first-order valence-corrected chi connectivity index (χ1v) is 13.4. The van der Waals surface area contributed by atoms with Gasteiger partial charge in [-0.15, -0.1) is 5.10 Å². The fraction of sp³-hybridized carbons (Fsp3) is 0.448. The van der Waals surface area contributed by atoms with Gasteiger partial charge in [-0.3, -0.25) is 9.69 Å². The molecule has 0 radical (unpaired) electrons. The molecule has 0 spiro atoms. The Labute approximate surface area is 217 Å². The maximum atomic E-state index is 13.2. The van der Waals surface area contributed by atoms with E-state index in [2.05, 4.69) is 82.6 Å². The van der Waals surface area contributed by atoms with Crippen molar-refractivity contribution in [3.05, 3.63) is 87.0 Å². The smallest absolute Gasteiger partial charge is 0.252 e. The van der Waals surface area contributed by atoms with Crippen LogP contribution in [0.4, 0.5) is 0 Å². The third-order valence-electron chi connectivity index (χ3n) is 7.36. The average molecular weight is 501 g/mol. The zero-order valence-corrected chi connectivity index (χ0v) is 22.0. The lowest BCUT2D eigenvalue weighted by atomic mass is 10.0. The molecule has 1 saturated heterocycles. The van der Waals surface area contributed by atoms with Crippen LogP contribution in [0.3, 0.4) is 0 Å². The molecule has 8 heteroatoms. The van der Waals surface area contributed by atoms with Crippen LogP contribution < -0.4 is 5.56 Å². The Morgan fingerprint density at radius 3 is 2.65 bits per heavy atom. The Kier molecular flexibility index (Phi) is 7.76. The van der Waals surface area contributed by atoms with Gasteiger partial charge in [-0.2, -0.15) is 0 Å². The summed E-state index contributed by atoms with van der Waals surface area (Å²) in [7, 11) is 0. The molecule has 37 heavy (non-hydrogen) atoms. The lowest BCUT2D eigenvalue weighted by molar-refractivity contribution is 0.0888. The summed E-state index contributed by atoms with van der Waals surface area (Å²) in [6, 6.07) is 16.8. The summed E-state index contributed by atoms with van der Waals surface area (Å²) in [5.74, 6) is 0.815. The quantitative estimate of drug-likeness (QED) is 0.339. The number of nitrogens with one attached hydrogen (secondary N) is 1. The van der Waals surface area contributed by atoms with Crippen LogP contribution in [0.15, 0.2) is 53.3 Å². The Balaban J connectivity index is 1.50. The molecule has 8 nitrogen and oxygen atoms in total. The molecule has 2 aromatic heterocycles. The second-order valence-corrected chi connectivity index (χ2v) is 10.1. The van der Waals surface area contributed by atoms with Gasteiger partial charge in [-0.1, -0.05) is 49.7 Å². The van der Waals surface area contributed by atoms with Crippen molar-refractivity contribution in [2.45, 2.75) is 78.2 Å². The van der Waals surface area contributed by atoms with Gasteiger partial charge in [0.2, 0.25) is 0 Å². The molecule has 0 bridgehead atoms. The number of fused-ring (bicyclic) bond motifs is 1. The lowest BCUT2D eigenvalue weighted by Gasteiger charge is -2.30. The monoisotopic (exact) mass is 500 g/mol. The molecule has 3 heterocycles. The van der Waals surface area contributed by atoms with E-state index < -0.39 is 0 Å². The minimum absolute atomic E-state index is 0.0561. The third kappa shape index (κ3) is 5.81. The van der Waals surface area contributed by atoms with Crippen LogP contribution in [-0.4, -0.2) is 42.8 Å². The number of nitrogens with zero attached hydrogens (tertiary/aromatic N) is 5. The number of aromatic nitrogens is 5. The molecule has 5 rings (SSSR count). The maximum absolute atomic E-state index is 13.2. The highest BCUT2D eigenvalue weighted by Crippen LogP contribution is 2.27. The third-order valence-corrected chi connectivity index (χ3v) is 7.36. The van der Waals surface area contributed by atoms with Crippen LogP contribution in [0.5, 0.6) is 0 Å². The summed E-state index contributed by atoms with van der Waals surface area (Å²) in [5, 5.41) is 13.9. The Morgan fingerprint density at radius 2 is 1.92 bits per heavy atom. The molecule has 2 atom stereocenters. The van der Waals surface area contributed by atoms with Gasteiger partial charge in [-0.05, 0) is 77.7 Å². The van der Waals surface area contributed by atoms with Crippen molar-refractivity contribution < 1.29 is 4.74 Å². The number of benzene rings is 2. The predicted octanol–water partition coefficient (Wildman–Crippen LogP) is 4.72. The van der Waals surface area contributed by atoms with E-state index in [1.165, 1.54) is 16.7 Å². The molecule has 0 aliphatic carbocycles. The van der Waals surface area contributed by atoms with Crippen LogP contribution in [0.25, 0.3) is 10.9 Å². The van der Waals surface area contributed by atoms with E-state index in [0.29, 0.717) is 19.6 Å². The Bertz CT molecular complexity index is 1390. The van der Waals surface area contributed by atoms with Gasteiger partial charge >= 0.3 is 0 Å². The molecule has 4 aromatic rings. The Morgan fingerprint density at radius 1 is 1.11 bits per heavy atom. The summed E-state index contributed by atoms with van der Waals surface area (Å²) in [5.41, 5.74) is 5.21. The molecule has 0 amide bonds. The van der Waals surface area contributed by atoms with E-state index in [1.54, 1.807) is 0 Å². The first kappa shape index (κ1) is 25.3. The normalized spacial score (nSPS) is 16.6. The van der Waals surface area contributed by atoms with Crippen LogP contribution in [0, 0.1) is 6.92 Å². The second-order valence-electron chi connectivity index (χ2n) is 10.1. The summed E-state index contributed by atoms with van der Waals surface area (Å²) in [6.45, 7) is 8.99. The van der Waals surface area contributed by atoms with Gasteiger partial charge in [0.15, 0.2) is 5.82 Å². The molecule has 1 fully saturated rings. The van der Waals surface area contributed by atoms with Crippen molar-refractivity contribution in [3.8, 4) is 0 Å². The van der Waals surface area contributed by atoms with Gasteiger partial charge < -0.3 is 9.72 Å². The first-order valence-electron chi connectivity index (χ1n) is 13.4. The molecule has 1 aliphatic rings. The summed E-state index contributed by atoms with van der Waals surface area (Å²) in [6.07, 6.45) is 4.00. The highest BCUT2D eigenvalue weighted by Gasteiger charge is 2.28. The van der Waals surface area contributed by atoms with Gasteiger partial charge in [0.1, 0.15) is 0 Å². The second kappa shape index (κ2) is 11.4. The van der Waals surface area contributed by atoms with Crippen LogP contribution in [0.1, 0.15) is 67.2 Å². The van der Waals surface area contributed by atoms with Crippen molar-refractivity contribution in [2.24, 2.45) is 0 Å². The van der Waals surface area contributed by atoms with Crippen molar-refractivity contribution in [2.75, 3.05) is 6.61 Å². The predicted molar refractivity (Wildman–Crippen MR) is 144 cm³/mol. The van der Waals surface area contributed by atoms with Crippen molar-refractivity contribution in [1.29, 1.82) is 0 Å². The molecule has 1 N–H and O–H groups in total. The van der Waals surface area contributed by atoms with Crippen molar-refractivity contribution in [3.63, 3.8) is 0 Å². The summed E-state index contributed by atoms with van der Waals surface area (Å²) >= 11 is 0. The van der Waals surface area contributed by atoms with E-state index in [4.69, 9.17) is 4.74 Å². The van der Waals surface area contributed by atoms with E-state index in [9.17, 15) is 4.79 Å². The van der Waals surface area contributed by atoms with Crippen LogP contribution in [-0.2, 0) is 30.8 Å². The number of ether oxygens (including phenoxy) is 1. The largest absolute Gasteiger partial charge is 0.376 e. The average Bonchev–Trinajstić information content (AvgIpc) is 3.59. The first-order chi connectivity index (χ1) is 18.0. The topological polar surface area (TPSA) is 88.9 Å². The number of rotatable bonds is 10. The minimum atomic E-state index is -0.0604. The van der Waals surface area contributed by atoms with Crippen molar-refractivity contribution in [1.82, 2.24) is 30.1 Å². The highest BCUT2D eigenvalue weighted by atomic mass is 16.5. The fourth-order valence-electron chi connectivity index (χ4n) is 5.23. The lowest BCUT2D eigenvalue weighted by Crippen LogP contribution is -2.33. The standard InChI is InChI=1S/C29H36N6O2/c1-4-21-12-13-26-23(15-21)16-24(29(36)30-26)18-34(17-22-10-8-20(3)9-11-22)27(5-2)28-31-32-33-35(28)19-25-7-6-14-37-25/h8-13,15-16,25,27H,4-7,14,17-19H2,1-3H3,(H,30,36). The van der Waals surface area contributed by atoms with Gasteiger partial charge in [0, 0.05) is 30.8 Å². The summed E-state index contributed by atoms with van der Waals surface area (Å²) < 4.78 is 7.75. The number of pyridine rings is 1. The van der Waals surface area contributed by atoms with E-state index in [-0.39, 0.29) is 17.7 Å². The van der Waals surface area contributed by atoms with E-state index >= 15 is 0 Å². The zero-order valence-electron chi connectivity index (χ0n) is 22.0. The number of hydrogen-bond acceptors (Lipinski definition) is 6. The van der Waals surface area contributed by atoms with Crippen molar-refractivity contribution >= 4 is 10.9 Å². The molecule has 194 valence electrons. The maximum Gasteiger partial charge on any atom is 0.252 e. The molecule has 2 aromatic carbocycles. The molecule has 2 unspecified atom stereocenters. The van der Waals surface area contributed by atoms with E-state index in [1.807, 2.05) is 16.8 Å². The molecule has 1 aliphatic heterocycles. The number of aryl methyl sites for hydroxylation is 2. The minimum Gasteiger partial charge on any atom is -0.376 e. The molecular weight excluding hydrogens is 464 g/mol. The summed E-state index contributed by atoms with van der Waals surface area (Å²) in [4.78, 5) is 18.6. The van der Waals surface area contributed by atoms with Gasteiger partial charge in [-0.25, -0.2) is 4.68 Å². The highest BCUT2D eigenvalue weighted by molar-refractivity contribution is 5.79. The van der Waals surface area contributed by atoms with Gasteiger partial charge in [0.25, 0.3) is 5.56 Å². The number of aromatic amines is 1.